The summed E-state index contributed by atoms with van der Waals surface area (Å²) in [4.78, 5) is 1.99. The van der Waals surface area contributed by atoms with E-state index in [0.717, 1.165) is 15.6 Å². The van der Waals surface area contributed by atoms with Crippen molar-refractivity contribution >= 4 is 28.5 Å². The van der Waals surface area contributed by atoms with Crippen LogP contribution < -0.4 is 5.73 Å². The zero-order valence-corrected chi connectivity index (χ0v) is 9.82. The van der Waals surface area contributed by atoms with Gasteiger partial charge in [0.2, 0.25) is 0 Å². The number of hydrogen-bond acceptors (Lipinski definition) is 6. The van der Waals surface area contributed by atoms with Crippen molar-refractivity contribution < 1.29 is 9.05 Å². The Bertz CT molecular complexity index is 674. The minimum Gasteiger partial charge on any atom is -0.468 e. The van der Waals surface area contributed by atoms with Crippen molar-refractivity contribution in [3.05, 3.63) is 30.2 Å². The van der Waals surface area contributed by atoms with Crippen molar-refractivity contribution in [3.63, 3.8) is 0 Å². The van der Waals surface area contributed by atoms with Gasteiger partial charge in [0.15, 0.2) is 11.0 Å². The number of benzene rings is 1. The largest absolute Gasteiger partial charge is 0.468 e. The topological polar surface area (TPSA) is 78.1 Å². The number of aryl methyl sites for hydroxylation is 1. The first-order valence-electron chi connectivity index (χ1n) is 4.98. The second kappa shape index (κ2) is 3.81. The van der Waals surface area contributed by atoms with E-state index in [0.29, 0.717) is 16.7 Å². The first kappa shape index (κ1) is 10.2. The number of fused-ring (bicyclic) bond motifs is 1. The second-order valence-electron chi connectivity index (χ2n) is 3.56. The smallest absolute Gasteiger partial charge is 0.159 e. The van der Waals surface area contributed by atoms with Crippen LogP contribution in [0.1, 0.15) is 5.76 Å². The molecule has 0 saturated carbocycles. The standard InChI is InChI=1S/C11H9N3O2S/c1-6-8(4-5-15-6)17-9-3-2-7(12)10-11(9)14-16-13-10/h2-5H,12H2,1H3. The van der Waals surface area contributed by atoms with Gasteiger partial charge in [0, 0.05) is 4.90 Å². The van der Waals surface area contributed by atoms with E-state index in [1.54, 1.807) is 24.1 Å². The maximum atomic E-state index is 5.78. The van der Waals surface area contributed by atoms with E-state index in [-0.39, 0.29) is 0 Å². The molecule has 0 aliphatic rings. The number of anilines is 1. The Morgan fingerprint density at radius 1 is 1.12 bits per heavy atom. The Morgan fingerprint density at radius 3 is 2.71 bits per heavy atom. The van der Waals surface area contributed by atoms with Crippen LogP contribution in [0.15, 0.2) is 43.3 Å². The molecule has 0 spiro atoms. The van der Waals surface area contributed by atoms with Crippen LogP contribution in [0.5, 0.6) is 0 Å². The fraction of sp³-hybridized carbons (Fsp3) is 0.0909. The Labute approximate surface area is 101 Å². The zero-order chi connectivity index (χ0) is 11.8. The van der Waals surface area contributed by atoms with Gasteiger partial charge in [-0.25, -0.2) is 4.63 Å². The first-order valence-corrected chi connectivity index (χ1v) is 5.80. The van der Waals surface area contributed by atoms with Gasteiger partial charge in [-0.3, -0.25) is 0 Å². The highest BCUT2D eigenvalue weighted by Gasteiger charge is 2.12. The Kier molecular flexibility index (Phi) is 2.29. The quantitative estimate of drug-likeness (QED) is 0.701. The summed E-state index contributed by atoms with van der Waals surface area (Å²) in [6.45, 7) is 1.91. The fourth-order valence-electron chi connectivity index (χ4n) is 1.54. The predicted octanol–water partition coefficient (Wildman–Crippen LogP) is 2.86. The average Bonchev–Trinajstić information content (AvgIpc) is 2.93. The highest BCUT2D eigenvalue weighted by molar-refractivity contribution is 7.99. The molecule has 5 nitrogen and oxygen atoms in total. The molecule has 0 amide bonds. The minimum absolute atomic E-state index is 0.564. The second-order valence-corrected chi connectivity index (χ2v) is 4.64. The molecule has 0 aliphatic carbocycles. The van der Waals surface area contributed by atoms with E-state index < -0.39 is 0 Å². The van der Waals surface area contributed by atoms with Gasteiger partial charge >= 0.3 is 0 Å². The van der Waals surface area contributed by atoms with E-state index >= 15 is 0 Å². The van der Waals surface area contributed by atoms with Gasteiger partial charge in [0.1, 0.15) is 5.76 Å². The number of furan rings is 1. The van der Waals surface area contributed by atoms with Crippen molar-refractivity contribution in [2.45, 2.75) is 16.7 Å². The van der Waals surface area contributed by atoms with Gasteiger partial charge in [0.05, 0.1) is 16.8 Å². The summed E-state index contributed by atoms with van der Waals surface area (Å²) >= 11 is 1.55. The number of nitrogens with zero attached hydrogens (tertiary/aromatic N) is 2. The monoisotopic (exact) mass is 247 g/mol. The molecule has 0 radical (unpaired) electrons. The van der Waals surface area contributed by atoms with E-state index in [9.17, 15) is 0 Å². The third kappa shape index (κ3) is 1.66. The molecule has 2 heterocycles. The Balaban J connectivity index is 2.09. The Morgan fingerprint density at radius 2 is 1.94 bits per heavy atom. The van der Waals surface area contributed by atoms with Gasteiger partial charge in [0.25, 0.3) is 0 Å². The number of nitrogen functional groups attached to an aromatic ring is 1. The molecule has 3 rings (SSSR count). The van der Waals surface area contributed by atoms with Gasteiger partial charge in [-0.15, -0.1) is 0 Å². The van der Waals surface area contributed by atoms with Gasteiger partial charge in [-0.1, -0.05) is 11.8 Å². The molecule has 2 aromatic heterocycles. The maximum absolute atomic E-state index is 5.78. The molecule has 3 aromatic rings. The third-order valence-corrected chi connectivity index (χ3v) is 3.63. The molecule has 0 atom stereocenters. The van der Waals surface area contributed by atoms with E-state index in [2.05, 4.69) is 10.3 Å². The van der Waals surface area contributed by atoms with Crippen LogP contribution in [0.25, 0.3) is 11.0 Å². The highest BCUT2D eigenvalue weighted by Crippen LogP contribution is 2.35. The lowest BCUT2D eigenvalue weighted by atomic mass is 10.3. The van der Waals surface area contributed by atoms with Crippen LogP contribution in [-0.2, 0) is 0 Å². The van der Waals surface area contributed by atoms with Crippen molar-refractivity contribution in [2.24, 2.45) is 0 Å². The Hall–Kier alpha value is -1.95. The normalized spacial score (nSPS) is 11.1. The molecule has 2 N–H and O–H groups in total. The highest BCUT2D eigenvalue weighted by atomic mass is 32.2. The van der Waals surface area contributed by atoms with Crippen LogP contribution >= 0.6 is 11.8 Å². The van der Waals surface area contributed by atoms with Gasteiger partial charge in [-0.2, -0.15) is 0 Å². The van der Waals surface area contributed by atoms with Crippen LogP contribution in [0, 0.1) is 6.92 Å². The number of rotatable bonds is 2. The molecule has 0 unspecified atom stereocenters. The summed E-state index contributed by atoms with van der Waals surface area (Å²) in [6.07, 6.45) is 1.66. The van der Waals surface area contributed by atoms with Crippen molar-refractivity contribution in [3.8, 4) is 0 Å². The summed E-state index contributed by atoms with van der Waals surface area (Å²) in [7, 11) is 0. The lowest BCUT2D eigenvalue weighted by Gasteiger charge is -2.01. The van der Waals surface area contributed by atoms with Crippen LogP contribution in [-0.4, -0.2) is 10.3 Å². The van der Waals surface area contributed by atoms with Crippen molar-refractivity contribution in [1.82, 2.24) is 10.3 Å². The number of aromatic nitrogens is 2. The van der Waals surface area contributed by atoms with Crippen LogP contribution in [0.2, 0.25) is 0 Å². The summed E-state index contributed by atoms with van der Waals surface area (Å²) in [5, 5.41) is 7.65. The first-order chi connectivity index (χ1) is 8.25. The fourth-order valence-corrected chi connectivity index (χ4v) is 2.46. The third-order valence-electron chi connectivity index (χ3n) is 2.44. The maximum Gasteiger partial charge on any atom is 0.159 e. The predicted molar refractivity (Wildman–Crippen MR) is 63.8 cm³/mol. The summed E-state index contributed by atoms with van der Waals surface area (Å²) in [6, 6.07) is 5.61. The van der Waals surface area contributed by atoms with E-state index in [1.807, 2.05) is 19.1 Å². The molecule has 0 bridgehead atoms. The molecule has 0 fully saturated rings. The molecule has 0 aliphatic heterocycles. The van der Waals surface area contributed by atoms with Crippen LogP contribution in [0.3, 0.4) is 0 Å². The number of nitrogens with two attached hydrogens (primary N) is 1. The van der Waals surface area contributed by atoms with Crippen molar-refractivity contribution in [2.75, 3.05) is 5.73 Å². The molecular formula is C11H9N3O2S. The molecule has 6 heteroatoms. The molecule has 1 aromatic carbocycles. The molecule has 0 saturated heterocycles. The van der Waals surface area contributed by atoms with Gasteiger partial charge < -0.3 is 10.2 Å². The summed E-state index contributed by atoms with van der Waals surface area (Å²) < 4.78 is 9.97. The molecule has 17 heavy (non-hydrogen) atoms. The van der Waals surface area contributed by atoms with Crippen molar-refractivity contribution in [1.29, 1.82) is 0 Å². The number of hydrogen-bond donors (Lipinski definition) is 1. The summed E-state index contributed by atoms with van der Waals surface area (Å²) in [5.74, 6) is 0.872. The average molecular weight is 247 g/mol. The lowest BCUT2D eigenvalue weighted by molar-refractivity contribution is 0.315. The van der Waals surface area contributed by atoms with Crippen LogP contribution in [0.4, 0.5) is 5.69 Å². The van der Waals surface area contributed by atoms with Gasteiger partial charge in [-0.05, 0) is 35.4 Å². The minimum atomic E-state index is 0.564. The molecular weight excluding hydrogens is 238 g/mol. The van der Waals surface area contributed by atoms with E-state index in [1.165, 1.54) is 0 Å². The zero-order valence-electron chi connectivity index (χ0n) is 9.01. The summed E-state index contributed by atoms with van der Waals surface area (Å²) in [5.41, 5.74) is 7.62. The SMILES string of the molecule is Cc1occc1Sc1ccc(N)c2nonc12. The lowest BCUT2D eigenvalue weighted by Crippen LogP contribution is -1.87. The molecule has 86 valence electrons. The van der Waals surface area contributed by atoms with E-state index in [4.69, 9.17) is 14.8 Å².